The van der Waals surface area contributed by atoms with Gasteiger partial charge in [0.05, 0.1) is 10.9 Å². The Morgan fingerprint density at radius 3 is 2.88 bits per heavy atom. The molecule has 1 aliphatic carbocycles. The monoisotopic (exact) mass is 232 g/mol. The molecule has 2 aromatic heterocycles. The van der Waals surface area contributed by atoms with Crippen LogP contribution in [0.25, 0.3) is 11.0 Å². The maximum atomic E-state index is 11.3. The highest BCUT2D eigenvalue weighted by molar-refractivity contribution is 6.06. The summed E-state index contributed by atoms with van der Waals surface area (Å²) in [5.41, 5.74) is 7.30. The zero-order valence-corrected chi connectivity index (χ0v) is 9.34. The summed E-state index contributed by atoms with van der Waals surface area (Å²) in [6.07, 6.45) is 2.15. The van der Waals surface area contributed by atoms with Crippen molar-refractivity contribution in [1.82, 2.24) is 14.8 Å². The Balaban J connectivity index is 2.36. The fourth-order valence-electron chi connectivity index (χ4n) is 2.05. The average Bonchev–Trinajstić information content (AvgIpc) is 3.07. The number of aryl methyl sites for hydroxylation is 1. The first-order chi connectivity index (χ1) is 8.08. The summed E-state index contributed by atoms with van der Waals surface area (Å²) in [7, 11) is 1.72. The van der Waals surface area contributed by atoms with Crippen LogP contribution in [0.2, 0.25) is 0 Å². The van der Waals surface area contributed by atoms with Crippen molar-refractivity contribution in [3.63, 3.8) is 0 Å². The first-order valence-corrected chi connectivity index (χ1v) is 5.44. The number of nitrogens with two attached hydrogens (primary N) is 1. The van der Waals surface area contributed by atoms with E-state index >= 15 is 0 Å². The molecule has 2 aromatic rings. The lowest BCUT2D eigenvalue weighted by Crippen LogP contribution is -2.02. The number of carboxylic acid groups (broad SMARTS) is 1. The van der Waals surface area contributed by atoms with E-state index in [-0.39, 0.29) is 11.4 Å². The normalized spacial score (nSPS) is 15.4. The third kappa shape index (κ3) is 1.44. The second-order valence-corrected chi connectivity index (χ2v) is 4.38. The summed E-state index contributed by atoms with van der Waals surface area (Å²) in [5, 5.41) is 13.7. The van der Waals surface area contributed by atoms with Crippen LogP contribution in [-0.4, -0.2) is 25.8 Å². The van der Waals surface area contributed by atoms with Crippen molar-refractivity contribution in [3.8, 4) is 0 Å². The zero-order valence-electron chi connectivity index (χ0n) is 9.34. The maximum absolute atomic E-state index is 11.3. The van der Waals surface area contributed by atoms with Gasteiger partial charge < -0.3 is 10.8 Å². The molecule has 0 unspecified atom stereocenters. The van der Waals surface area contributed by atoms with Gasteiger partial charge in [-0.25, -0.2) is 14.5 Å². The molecule has 0 radical (unpaired) electrons. The second kappa shape index (κ2) is 3.19. The lowest BCUT2D eigenvalue weighted by molar-refractivity contribution is 0.0699. The van der Waals surface area contributed by atoms with Crippen LogP contribution in [0.1, 0.15) is 34.8 Å². The number of anilines is 1. The van der Waals surface area contributed by atoms with E-state index in [4.69, 9.17) is 5.73 Å². The number of hydrogen-bond donors (Lipinski definition) is 2. The van der Waals surface area contributed by atoms with E-state index in [0.717, 1.165) is 18.5 Å². The Kier molecular flexibility index (Phi) is 1.89. The average molecular weight is 232 g/mol. The van der Waals surface area contributed by atoms with Crippen molar-refractivity contribution in [3.05, 3.63) is 17.3 Å². The molecule has 0 amide bonds. The molecule has 3 N–H and O–H groups in total. The summed E-state index contributed by atoms with van der Waals surface area (Å²) >= 11 is 0. The lowest BCUT2D eigenvalue weighted by Gasteiger charge is -2.03. The quantitative estimate of drug-likeness (QED) is 0.809. The molecule has 1 aliphatic rings. The van der Waals surface area contributed by atoms with Crippen LogP contribution < -0.4 is 5.73 Å². The molecule has 0 aliphatic heterocycles. The molecule has 0 bridgehead atoms. The van der Waals surface area contributed by atoms with E-state index < -0.39 is 5.97 Å². The van der Waals surface area contributed by atoms with E-state index in [9.17, 15) is 9.90 Å². The maximum Gasteiger partial charge on any atom is 0.336 e. The topological polar surface area (TPSA) is 94.0 Å². The number of carbonyl (C=O) groups is 1. The molecule has 0 saturated heterocycles. The molecule has 6 nitrogen and oxygen atoms in total. The minimum Gasteiger partial charge on any atom is -0.478 e. The molecule has 0 aromatic carbocycles. The molecule has 2 heterocycles. The minimum absolute atomic E-state index is 0.197. The molecule has 3 rings (SSSR count). The van der Waals surface area contributed by atoms with Gasteiger partial charge >= 0.3 is 5.97 Å². The molecule has 1 saturated carbocycles. The third-order valence-corrected chi connectivity index (χ3v) is 3.07. The predicted octanol–water partition coefficient (Wildman–Crippen LogP) is 1.13. The summed E-state index contributed by atoms with van der Waals surface area (Å²) in [4.78, 5) is 15.7. The standard InChI is InChI=1S/C11H12N4O2/c1-15-10-8(9(12)14-15)6(11(16)17)4-7(13-10)5-2-3-5/h4-5H,2-3H2,1H3,(H2,12,14)(H,16,17). The number of aromatic carboxylic acids is 1. The van der Waals surface area contributed by atoms with Crippen molar-refractivity contribution in [2.75, 3.05) is 5.73 Å². The Hall–Kier alpha value is -2.11. The van der Waals surface area contributed by atoms with Crippen LogP contribution in [0, 0.1) is 0 Å². The van der Waals surface area contributed by atoms with Gasteiger partial charge in [-0.1, -0.05) is 0 Å². The van der Waals surface area contributed by atoms with Gasteiger partial charge in [-0.15, -0.1) is 0 Å². The van der Waals surface area contributed by atoms with E-state index in [2.05, 4.69) is 10.1 Å². The van der Waals surface area contributed by atoms with Crippen LogP contribution in [0.4, 0.5) is 5.82 Å². The number of fused-ring (bicyclic) bond motifs is 1. The van der Waals surface area contributed by atoms with Crippen LogP contribution in [0.5, 0.6) is 0 Å². The Morgan fingerprint density at radius 2 is 2.29 bits per heavy atom. The molecule has 88 valence electrons. The lowest BCUT2D eigenvalue weighted by atomic mass is 10.1. The number of nitrogens with zero attached hydrogens (tertiary/aromatic N) is 3. The third-order valence-electron chi connectivity index (χ3n) is 3.07. The number of rotatable bonds is 2. The second-order valence-electron chi connectivity index (χ2n) is 4.38. The van der Waals surface area contributed by atoms with Gasteiger partial charge in [-0.2, -0.15) is 5.10 Å². The number of aromatic nitrogens is 3. The summed E-state index contributed by atoms with van der Waals surface area (Å²) in [6, 6.07) is 1.63. The molecule has 1 fully saturated rings. The number of carboxylic acids is 1. The van der Waals surface area contributed by atoms with Crippen LogP contribution in [0.3, 0.4) is 0 Å². The van der Waals surface area contributed by atoms with Crippen molar-refractivity contribution in [2.24, 2.45) is 7.05 Å². The number of pyridine rings is 1. The van der Waals surface area contributed by atoms with E-state index in [0.29, 0.717) is 17.0 Å². The molecule has 6 heteroatoms. The zero-order chi connectivity index (χ0) is 12.2. The van der Waals surface area contributed by atoms with E-state index in [1.165, 1.54) is 4.68 Å². The number of hydrogen-bond acceptors (Lipinski definition) is 4. The Labute approximate surface area is 97.1 Å². The van der Waals surface area contributed by atoms with Gasteiger partial charge in [0.25, 0.3) is 0 Å². The summed E-state index contributed by atoms with van der Waals surface area (Å²) in [6.45, 7) is 0. The Morgan fingerprint density at radius 1 is 1.59 bits per heavy atom. The minimum atomic E-state index is -0.987. The Bertz CT molecular complexity index is 628. The molecular formula is C11H12N4O2. The first kappa shape index (κ1) is 10.1. The largest absolute Gasteiger partial charge is 0.478 e. The summed E-state index contributed by atoms with van der Waals surface area (Å²) < 4.78 is 1.53. The van der Waals surface area contributed by atoms with Crippen molar-refractivity contribution in [1.29, 1.82) is 0 Å². The van der Waals surface area contributed by atoms with Gasteiger partial charge in [-0.3, -0.25) is 0 Å². The van der Waals surface area contributed by atoms with Gasteiger partial charge in [0.2, 0.25) is 0 Å². The molecule has 0 atom stereocenters. The van der Waals surface area contributed by atoms with Gasteiger partial charge in [0, 0.05) is 18.7 Å². The molecule has 17 heavy (non-hydrogen) atoms. The number of nitrogen functional groups attached to an aromatic ring is 1. The van der Waals surface area contributed by atoms with E-state index in [1.807, 2.05) is 0 Å². The SMILES string of the molecule is Cn1nc(N)c2c(C(=O)O)cc(C3CC3)nc21. The van der Waals surface area contributed by atoms with Crippen LogP contribution >= 0.6 is 0 Å². The highest BCUT2D eigenvalue weighted by atomic mass is 16.4. The molecular weight excluding hydrogens is 220 g/mol. The van der Waals surface area contributed by atoms with Gasteiger partial charge in [-0.05, 0) is 18.9 Å². The van der Waals surface area contributed by atoms with Gasteiger partial charge in [0.15, 0.2) is 11.5 Å². The van der Waals surface area contributed by atoms with Crippen molar-refractivity contribution < 1.29 is 9.90 Å². The highest BCUT2D eigenvalue weighted by Crippen LogP contribution is 2.40. The van der Waals surface area contributed by atoms with Crippen molar-refractivity contribution in [2.45, 2.75) is 18.8 Å². The molecule has 0 spiro atoms. The first-order valence-electron chi connectivity index (χ1n) is 5.44. The van der Waals surface area contributed by atoms with Gasteiger partial charge in [0.1, 0.15) is 0 Å². The fraction of sp³-hybridized carbons (Fsp3) is 0.364. The van der Waals surface area contributed by atoms with E-state index in [1.54, 1.807) is 13.1 Å². The summed E-state index contributed by atoms with van der Waals surface area (Å²) in [5.74, 6) is -0.373. The highest BCUT2D eigenvalue weighted by Gasteiger charge is 2.28. The smallest absolute Gasteiger partial charge is 0.336 e. The van der Waals surface area contributed by atoms with Crippen molar-refractivity contribution >= 4 is 22.8 Å². The predicted molar refractivity (Wildman–Crippen MR) is 61.9 cm³/mol. The fourth-order valence-corrected chi connectivity index (χ4v) is 2.05. The van der Waals surface area contributed by atoms with Crippen LogP contribution in [-0.2, 0) is 7.05 Å². The van der Waals surface area contributed by atoms with Crippen LogP contribution in [0.15, 0.2) is 6.07 Å².